The van der Waals surface area contributed by atoms with Crippen molar-refractivity contribution in [1.82, 2.24) is 0 Å². The van der Waals surface area contributed by atoms with Crippen molar-refractivity contribution in [2.24, 2.45) is 35.0 Å². The molecule has 0 aromatic rings. The van der Waals surface area contributed by atoms with Gasteiger partial charge in [-0.3, -0.25) is 4.79 Å². The molecule has 0 radical (unpaired) electrons. The van der Waals surface area contributed by atoms with Gasteiger partial charge in [0.1, 0.15) is 6.10 Å². The molecule has 0 amide bonds. The molecular weight excluding hydrogens is 264 g/mol. The van der Waals surface area contributed by atoms with Crippen LogP contribution in [0.1, 0.15) is 58.3 Å². The highest BCUT2D eigenvalue weighted by atomic mass is 16.3. The number of carbonyl (C=O) groups is 1. The Kier molecular flexibility index (Phi) is 3.24. The van der Waals surface area contributed by atoms with Crippen LogP contribution in [0, 0.1) is 35.0 Å². The third-order valence-corrected chi connectivity index (χ3v) is 7.60. The summed E-state index contributed by atoms with van der Waals surface area (Å²) in [5, 5.41) is 21.2. The van der Waals surface area contributed by atoms with Gasteiger partial charge in [-0.2, -0.15) is 0 Å². The van der Waals surface area contributed by atoms with Gasteiger partial charge in [0, 0.05) is 11.3 Å². The Morgan fingerprint density at radius 2 is 1.76 bits per heavy atom. The van der Waals surface area contributed by atoms with Gasteiger partial charge in [-0.15, -0.1) is 0 Å². The summed E-state index contributed by atoms with van der Waals surface area (Å²) < 4.78 is 0. The summed E-state index contributed by atoms with van der Waals surface area (Å²) in [4.78, 5) is 12.9. The van der Waals surface area contributed by atoms with Crippen LogP contribution in [-0.4, -0.2) is 28.2 Å². The highest BCUT2D eigenvalue weighted by Gasteiger charge is 2.63. The second-order valence-electron chi connectivity index (χ2n) is 8.42. The van der Waals surface area contributed by atoms with Crippen LogP contribution < -0.4 is 0 Å². The summed E-state index contributed by atoms with van der Waals surface area (Å²) in [6.45, 7) is 2.04. The molecule has 4 aliphatic rings. The van der Waals surface area contributed by atoms with Gasteiger partial charge in [-0.25, -0.2) is 0 Å². The Bertz CT molecular complexity index is 448. The van der Waals surface area contributed by atoms with E-state index in [1.165, 1.54) is 25.7 Å². The molecular formula is C18H28O3. The van der Waals surface area contributed by atoms with Gasteiger partial charge in [0.25, 0.3) is 0 Å². The molecule has 4 fully saturated rings. The van der Waals surface area contributed by atoms with Crippen LogP contribution in [0.15, 0.2) is 0 Å². The molecule has 0 bridgehead atoms. The van der Waals surface area contributed by atoms with E-state index < -0.39 is 6.10 Å². The number of ketones is 1. The number of Topliss-reactive ketones (excluding diaryl/α,β-unsaturated/α-hetero) is 1. The van der Waals surface area contributed by atoms with Crippen LogP contribution in [0.4, 0.5) is 0 Å². The van der Waals surface area contributed by atoms with Gasteiger partial charge in [-0.1, -0.05) is 26.2 Å². The van der Waals surface area contributed by atoms with E-state index in [-0.39, 0.29) is 29.1 Å². The van der Waals surface area contributed by atoms with Gasteiger partial charge in [0.2, 0.25) is 0 Å². The molecule has 0 aromatic carbocycles. The molecule has 0 heterocycles. The number of fused-ring (bicyclic) bond motifs is 5. The Morgan fingerprint density at radius 1 is 1.00 bits per heavy atom. The summed E-state index contributed by atoms with van der Waals surface area (Å²) in [5.74, 6) is 1.78. The van der Waals surface area contributed by atoms with Gasteiger partial charge in [0.15, 0.2) is 5.78 Å². The second-order valence-corrected chi connectivity index (χ2v) is 8.42. The van der Waals surface area contributed by atoms with Crippen LogP contribution in [0.2, 0.25) is 0 Å². The summed E-state index contributed by atoms with van der Waals surface area (Å²) in [6, 6.07) is 0. The summed E-state index contributed by atoms with van der Waals surface area (Å²) in [6.07, 6.45) is 7.66. The first kappa shape index (κ1) is 14.2. The van der Waals surface area contributed by atoms with Crippen molar-refractivity contribution >= 4 is 5.78 Å². The van der Waals surface area contributed by atoms with E-state index in [9.17, 15) is 15.0 Å². The van der Waals surface area contributed by atoms with Crippen LogP contribution in [0.3, 0.4) is 0 Å². The van der Waals surface area contributed by atoms with Crippen molar-refractivity contribution in [3.8, 4) is 0 Å². The predicted molar refractivity (Wildman–Crippen MR) is 79.5 cm³/mol. The molecule has 21 heavy (non-hydrogen) atoms. The maximum absolute atomic E-state index is 12.9. The van der Waals surface area contributed by atoms with Gasteiger partial charge < -0.3 is 10.2 Å². The topological polar surface area (TPSA) is 57.5 Å². The summed E-state index contributed by atoms with van der Waals surface area (Å²) in [5.41, 5.74) is -0.376. The molecule has 8 unspecified atom stereocenters. The monoisotopic (exact) mass is 292 g/mol. The fourth-order valence-corrected chi connectivity index (χ4v) is 6.64. The lowest BCUT2D eigenvalue weighted by atomic mass is 9.49. The van der Waals surface area contributed by atoms with E-state index in [1.807, 2.05) is 6.92 Å². The van der Waals surface area contributed by atoms with Crippen molar-refractivity contribution < 1.29 is 15.0 Å². The molecule has 0 saturated heterocycles. The fraction of sp³-hybridized carbons (Fsp3) is 0.944. The van der Waals surface area contributed by atoms with Gasteiger partial charge in [-0.05, 0) is 55.8 Å². The minimum atomic E-state index is -0.846. The number of aliphatic hydroxyl groups excluding tert-OH is 2. The van der Waals surface area contributed by atoms with Crippen molar-refractivity contribution in [3.63, 3.8) is 0 Å². The van der Waals surface area contributed by atoms with Crippen molar-refractivity contribution in [2.45, 2.75) is 70.5 Å². The van der Waals surface area contributed by atoms with Crippen molar-refractivity contribution in [1.29, 1.82) is 0 Å². The van der Waals surface area contributed by atoms with E-state index in [0.717, 1.165) is 25.7 Å². The molecule has 2 N–H and O–H groups in total. The number of hydrogen-bond donors (Lipinski definition) is 2. The minimum absolute atomic E-state index is 0.0323. The molecule has 0 aromatic heterocycles. The van der Waals surface area contributed by atoms with Crippen LogP contribution in [0.5, 0.6) is 0 Å². The second kappa shape index (κ2) is 4.79. The third kappa shape index (κ3) is 1.83. The molecule has 0 aliphatic heterocycles. The van der Waals surface area contributed by atoms with E-state index in [0.29, 0.717) is 17.8 Å². The van der Waals surface area contributed by atoms with E-state index in [2.05, 4.69) is 0 Å². The van der Waals surface area contributed by atoms with Gasteiger partial charge in [0.05, 0.1) is 6.10 Å². The van der Waals surface area contributed by atoms with Crippen molar-refractivity contribution in [3.05, 3.63) is 0 Å². The smallest absolute Gasteiger partial charge is 0.165 e. The molecule has 4 rings (SSSR count). The zero-order valence-corrected chi connectivity index (χ0v) is 13.0. The quantitative estimate of drug-likeness (QED) is 0.721. The van der Waals surface area contributed by atoms with E-state index >= 15 is 0 Å². The lowest BCUT2D eigenvalue weighted by Gasteiger charge is -2.55. The minimum Gasteiger partial charge on any atom is -0.393 e. The number of hydrogen-bond acceptors (Lipinski definition) is 3. The molecule has 118 valence electrons. The highest BCUT2D eigenvalue weighted by Crippen LogP contribution is 2.61. The Balaban J connectivity index is 1.72. The molecule has 0 spiro atoms. The zero-order valence-electron chi connectivity index (χ0n) is 13.0. The lowest BCUT2D eigenvalue weighted by Crippen LogP contribution is -2.60. The van der Waals surface area contributed by atoms with Crippen LogP contribution >= 0.6 is 0 Å². The first-order valence-electron chi connectivity index (χ1n) is 8.94. The normalized spacial score (nSPS) is 56.5. The average molecular weight is 292 g/mol. The van der Waals surface area contributed by atoms with Crippen molar-refractivity contribution in [2.75, 3.05) is 0 Å². The Morgan fingerprint density at radius 3 is 2.57 bits per heavy atom. The predicted octanol–water partition coefficient (Wildman–Crippen LogP) is 2.54. The first-order valence-corrected chi connectivity index (χ1v) is 8.94. The maximum atomic E-state index is 12.9. The molecule has 3 heteroatoms. The average Bonchev–Trinajstić information content (AvgIpc) is 2.81. The Labute approximate surface area is 127 Å². The molecule has 4 aliphatic carbocycles. The Hall–Kier alpha value is -0.410. The third-order valence-electron chi connectivity index (χ3n) is 7.60. The number of carbonyl (C=O) groups excluding carboxylic acids is 1. The molecule has 3 nitrogen and oxygen atoms in total. The largest absolute Gasteiger partial charge is 0.393 e. The molecule has 4 saturated carbocycles. The van der Waals surface area contributed by atoms with Gasteiger partial charge >= 0.3 is 0 Å². The van der Waals surface area contributed by atoms with E-state index in [1.54, 1.807) is 0 Å². The maximum Gasteiger partial charge on any atom is 0.165 e. The lowest BCUT2D eigenvalue weighted by molar-refractivity contribution is -0.170. The number of rotatable bonds is 0. The van der Waals surface area contributed by atoms with E-state index in [4.69, 9.17) is 0 Å². The molecule has 8 atom stereocenters. The first-order chi connectivity index (χ1) is 10.0. The van der Waals surface area contributed by atoms with Crippen LogP contribution in [0.25, 0.3) is 0 Å². The standard InChI is InChI=1S/C18H28O3/c1-18-9-8-13(19)15(18)12-7-6-10-4-2-3-5-11(10)14(12)16(20)17(18)21/h10-15,17,19,21H,2-9H2,1H3. The zero-order chi connectivity index (χ0) is 14.8. The highest BCUT2D eigenvalue weighted by molar-refractivity contribution is 5.88. The SMILES string of the molecule is CC12CCC(O)C1C1CCC3CCCCC3C1C(=O)C2O. The van der Waals surface area contributed by atoms with Crippen LogP contribution in [-0.2, 0) is 4.79 Å². The number of aliphatic hydroxyl groups is 2. The fourth-order valence-electron chi connectivity index (χ4n) is 6.64. The summed E-state index contributed by atoms with van der Waals surface area (Å²) >= 11 is 0. The summed E-state index contributed by atoms with van der Waals surface area (Å²) in [7, 11) is 0.